The molecule has 0 bridgehead atoms. The lowest BCUT2D eigenvalue weighted by Gasteiger charge is -2.29. The summed E-state index contributed by atoms with van der Waals surface area (Å²) in [5.74, 6) is -1.93. The number of halogens is 1. The standard InChI is InChI=1S/C24H24FN3O4/c1-13(2)21(17-5-3-4-6-18(17)25)27-22(30)14-7-8-16-15(11-14)12-28(24(16)32)19-9-10-20(29)26-23(19)31/h3-8,11,13,19,21H,9-10,12H2,1-2H3,(H,27,30)(H,26,29,31)/t19?,21-/m0/s1. The van der Waals surface area contributed by atoms with Crippen LogP contribution in [0.2, 0.25) is 0 Å². The van der Waals surface area contributed by atoms with Crippen molar-refractivity contribution in [1.29, 1.82) is 0 Å². The Morgan fingerprint density at radius 3 is 2.59 bits per heavy atom. The molecule has 1 fully saturated rings. The van der Waals surface area contributed by atoms with Crippen LogP contribution in [-0.4, -0.2) is 34.6 Å². The molecule has 0 aromatic heterocycles. The van der Waals surface area contributed by atoms with E-state index in [0.717, 1.165) is 0 Å². The molecule has 1 unspecified atom stereocenters. The molecule has 4 rings (SSSR count). The molecule has 0 saturated carbocycles. The fourth-order valence-electron chi connectivity index (χ4n) is 4.27. The molecule has 4 amide bonds. The molecule has 2 aromatic carbocycles. The highest BCUT2D eigenvalue weighted by atomic mass is 19.1. The van der Waals surface area contributed by atoms with E-state index in [1.807, 2.05) is 13.8 Å². The van der Waals surface area contributed by atoms with E-state index in [2.05, 4.69) is 10.6 Å². The smallest absolute Gasteiger partial charge is 0.255 e. The largest absolute Gasteiger partial charge is 0.345 e. The number of carbonyl (C=O) groups is 4. The van der Waals surface area contributed by atoms with Gasteiger partial charge >= 0.3 is 0 Å². The molecule has 166 valence electrons. The first kappa shape index (κ1) is 21.7. The highest BCUT2D eigenvalue weighted by Crippen LogP contribution is 2.29. The molecule has 32 heavy (non-hydrogen) atoms. The molecular formula is C24H24FN3O4. The molecule has 2 aromatic rings. The van der Waals surface area contributed by atoms with Gasteiger partial charge in [-0.05, 0) is 42.2 Å². The van der Waals surface area contributed by atoms with Crippen LogP contribution in [0.4, 0.5) is 4.39 Å². The van der Waals surface area contributed by atoms with E-state index < -0.39 is 18.0 Å². The normalized spacial score (nSPS) is 19.1. The maximum atomic E-state index is 14.3. The van der Waals surface area contributed by atoms with Crippen molar-refractivity contribution in [2.75, 3.05) is 0 Å². The summed E-state index contributed by atoms with van der Waals surface area (Å²) >= 11 is 0. The fourth-order valence-corrected chi connectivity index (χ4v) is 4.27. The molecule has 0 spiro atoms. The fraction of sp³-hybridized carbons (Fsp3) is 0.333. The summed E-state index contributed by atoms with van der Waals surface area (Å²) in [5, 5.41) is 5.17. The van der Waals surface area contributed by atoms with Crippen LogP contribution in [0, 0.1) is 11.7 Å². The maximum Gasteiger partial charge on any atom is 0.255 e. The van der Waals surface area contributed by atoms with Crippen LogP contribution in [0.1, 0.15) is 64.6 Å². The van der Waals surface area contributed by atoms with Crippen molar-refractivity contribution in [3.05, 3.63) is 70.5 Å². The minimum atomic E-state index is -0.712. The summed E-state index contributed by atoms with van der Waals surface area (Å²) < 4.78 is 14.3. The van der Waals surface area contributed by atoms with Crippen molar-refractivity contribution in [1.82, 2.24) is 15.5 Å². The van der Waals surface area contributed by atoms with E-state index >= 15 is 0 Å². The maximum absolute atomic E-state index is 14.3. The summed E-state index contributed by atoms with van der Waals surface area (Å²) in [7, 11) is 0. The summed E-state index contributed by atoms with van der Waals surface area (Å²) in [6, 6.07) is 9.88. The Morgan fingerprint density at radius 1 is 1.16 bits per heavy atom. The van der Waals surface area contributed by atoms with Gasteiger partial charge in [0.05, 0.1) is 6.04 Å². The van der Waals surface area contributed by atoms with Crippen molar-refractivity contribution < 1.29 is 23.6 Å². The number of carbonyl (C=O) groups excluding carboxylic acids is 4. The Kier molecular flexibility index (Phi) is 5.78. The number of piperidine rings is 1. The number of nitrogens with one attached hydrogen (secondary N) is 2. The van der Waals surface area contributed by atoms with Gasteiger partial charge in [0.2, 0.25) is 11.8 Å². The summed E-state index contributed by atoms with van der Waals surface area (Å²) in [4.78, 5) is 50.8. The number of hydrogen-bond acceptors (Lipinski definition) is 4. The van der Waals surface area contributed by atoms with Gasteiger partial charge in [0.25, 0.3) is 11.8 Å². The number of hydrogen-bond donors (Lipinski definition) is 2. The van der Waals surface area contributed by atoms with Gasteiger partial charge in [0.1, 0.15) is 11.9 Å². The van der Waals surface area contributed by atoms with Crippen LogP contribution in [0.15, 0.2) is 42.5 Å². The Labute approximate surface area is 185 Å². The predicted octanol–water partition coefficient (Wildman–Crippen LogP) is 2.71. The molecule has 2 N–H and O–H groups in total. The van der Waals surface area contributed by atoms with Gasteiger partial charge in [-0.3, -0.25) is 24.5 Å². The van der Waals surface area contributed by atoms with Crippen molar-refractivity contribution in [3.63, 3.8) is 0 Å². The van der Waals surface area contributed by atoms with E-state index in [-0.39, 0.29) is 48.8 Å². The van der Waals surface area contributed by atoms with Crippen LogP contribution in [-0.2, 0) is 16.1 Å². The Bertz CT molecular complexity index is 1110. The number of fused-ring (bicyclic) bond motifs is 1. The third-order valence-electron chi connectivity index (χ3n) is 5.98. The van der Waals surface area contributed by atoms with Crippen LogP contribution in [0.5, 0.6) is 0 Å². The third-order valence-corrected chi connectivity index (χ3v) is 5.98. The molecule has 2 atom stereocenters. The van der Waals surface area contributed by atoms with Crippen molar-refractivity contribution in [2.24, 2.45) is 5.92 Å². The average Bonchev–Trinajstić information content (AvgIpc) is 3.08. The van der Waals surface area contributed by atoms with E-state index in [9.17, 15) is 23.6 Å². The molecule has 2 heterocycles. The first-order valence-electron chi connectivity index (χ1n) is 10.6. The number of imide groups is 1. The van der Waals surface area contributed by atoms with Crippen LogP contribution < -0.4 is 10.6 Å². The second-order valence-electron chi connectivity index (χ2n) is 8.49. The topological polar surface area (TPSA) is 95.6 Å². The second-order valence-corrected chi connectivity index (χ2v) is 8.49. The number of amides is 4. The highest BCUT2D eigenvalue weighted by molar-refractivity contribution is 6.06. The highest BCUT2D eigenvalue weighted by Gasteiger charge is 2.39. The average molecular weight is 437 g/mol. The van der Waals surface area contributed by atoms with Crippen molar-refractivity contribution in [3.8, 4) is 0 Å². The SMILES string of the molecule is CC(C)[C@H](NC(=O)c1ccc2c(c1)CN(C1CCC(=O)NC1=O)C2=O)c1ccccc1F. The second kappa shape index (κ2) is 8.53. The van der Waals surface area contributed by atoms with Crippen LogP contribution in [0.3, 0.4) is 0 Å². The monoisotopic (exact) mass is 437 g/mol. The summed E-state index contributed by atoms with van der Waals surface area (Å²) in [6.07, 6.45) is 0.452. The molecule has 0 radical (unpaired) electrons. The van der Waals surface area contributed by atoms with Gasteiger partial charge in [-0.15, -0.1) is 0 Å². The van der Waals surface area contributed by atoms with E-state index in [0.29, 0.717) is 22.3 Å². The molecule has 2 aliphatic rings. The van der Waals surface area contributed by atoms with Crippen LogP contribution >= 0.6 is 0 Å². The number of nitrogens with zero attached hydrogens (tertiary/aromatic N) is 1. The van der Waals surface area contributed by atoms with Crippen LogP contribution in [0.25, 0.3) is 0 Å². The quantitative estimate of drug-likeness (QED) is 0.703. The molecule has 0 aliphatic carbocycles. The van der Waals surface area contributed by atoms with Crippen molar-refractivity contribution >= 4 is 23.6 Å². The molecule has 2 aliphatic heterocycles. The zero-order valence-corrected chi connectivity index (χ0v) is 17.9. The lowest BCUT2D eigenvalue weighted by atomic mass is 9.95. The molecule has 1 saturated heterocycles. The van der Waals surface area contributed by atoms with Gasteiger partial charge < -0.3 is 10.2 Å². The van der Waals surface area contributed by atoms with Crippen molar-refractivity contribution in [2.45, 2.75) is 45.3 Å². The lowest BCUT2D eigenvalue weighted by Crippen LogP contribution is -2.52. The van der Waals surface area contributed by atoms with Gasteiger partial charge in [-0.25, -0.2) is 4.39 Å². The van der Waals surface area contributed by atoms with Gasteiger partial charge in [-0.1, -0.05) is 32.0 Å². The zero-order valence-electron chi connectivity index (χ0n) is 17.9. The minimum absolute atomic E-state index is 0.0464. The molecular weight excluding hydrogens is 413 g/mol. The minimum Gasteiger partial charge on any atom is -0.345 e. The molecule has 8 heteroatoms. The van der Waals surface area contributed by atoms with Gasteiger partial charge in [-0.2, -0.15) is 0 Å². The summed E-state index contributed by atoms with van der Waals surface area (Å²) in [5.41, 5.74) is 1.83. The Balaban J connectivity index is 1.53. The van der Waals surface area contributed by atoms with Gasteiger partial charge in [0.15, 0.2) is 0 Å². The Morgan fingerprint density at radius 2 is 1.91 bits per heavy atom. The predicted molar refractivity (Wildman–Crippen MR) is 114 cm³/mol. The number of benzene rings is 2. The van der Waals surface area contributed by atoms with Gasteiger partial charge in [0, 0.05) is 29.7 Å². The first-order chi connectivity index (χ1) is 15.3. The lowest BCUT2D eigenvalue weighted by molar-refractivity contribution is -0.136. The summed E-state index contributed by atoms with van der Waals surface area (Å²) in [6.45, 7) is 3.98. The van der Waals surface area contributed by atoms with E-state index in [1.54, 1.807) is 36.4 Å². The zero-order chi connectivity index (χ0) is 23.0. The van der Waals surface area contributed by atoms with E-state index in [4.69, 9.17) is 0 Å². The molecule has 7 nitrogen and oxygen atoms in total. The third kappa shape index (κ3) is 4.00. The first-order valence-corrected chi connectivity index (χ1v) is 10.6. The van der Waals surface area contributed by atoms with E-state index in [1.165, 1.54) is 11.0 Å². The number of rotatable bonds is 5. The Hall–Kier alpha value is -3.55.